The monoisotopic (exact) mass is 410 g/mol. The molecule has 0 fully saturated rings. The van der Waals surface area contributed by atoms with Gasteiger partial charge in [0.2, 0.25) is 23.3 Å². The lowest BCUT2D eigenvalue weighted by Crippen LogP contribution is -1.98. The third-order valence-electron chi connectivity index (χ3n) is 2.79. The Morgan fingerprint density at radius 3 is 1.44 bits per heavy atom. The minimum absolute atomic E-state index is 0.403. The lowest BCUT2D eigenvalue weighted by Gasteiger charge is -1.99. The quantitative estimate of drug-likeness (QED) is 0.287. The number of nitro groups is 2. The molecular formula is C16H15ClF4N2O4. The van der Waals surface area contributed by atoms with Crippen LogP contribution in [0.4, 0.5) is 28.9 Å². The Morgan fingerprint density at radius 1 is 0.852 bits per heavy atom. The van der Waals surface area contributed by atoms with Crippen molar-refractivity contribution in [3.8, 4) is 0 Å². The molecule has 11 heteroatoms. The van der Waals surface area contributed by atoms with E-state index in [1.54, 1.807) is 6.92 Å². The van der Waals surface area contributed by atoms with Crippen LogP contribution in [0.3, 0.4) is 0 Å². The molecule has 0 aromatic heterocycles. The highest BCUT2D eigenvalue weighted by molar-refractivity contribution is 6.17. The second-order valence-electron chi connectivity index (χ2n) is 4.61. The van der Waals surface area contributed by atoms with E-state index in [1.807, 2.05) is 6.92 Å². The molecule has 148 valence electrons. The zero-order valence-electron chi connectivity index (χ0n) is 14.2. The van der Waals surface area contributed by atoms with Gasteiger partial charge in [-0.1, -0.05) is 19.9 Å². The Balaban J connectivity index is 0.000000442. The molecule has 2 aromatic carbocycles. The second-order valence-corrected chi connectivity index (χ2v) is 5.15. The van der Waals surface area contributed by atoms with Crippen LogP contribution in [0.1, 0.15) is 19.4 Å². The van der Waals surface area contributed by atoms with Crippen molar-refractivity contribution in [2.75, 3.05) is 5.88 Å². The predicted octanol–water partition coefficient (Wildman–Crippen LogP) is 5.55. The van der Waals surface area contributed by atoms with Gasteiger partial charge < -0.3 is 0 Å². The van der Waals surface area contributed by atoms with E-state index in [0.717, 1.165) is 36.2 Å². The normalized spacial score (nSPS) is 9.44. The van der Waals surface area contributed by atoms with Crippen LogP contribution in [-0.2, 0) is 6.42 Å². The van der Waals surface area contributed by atoms with Crippen molar-refractivity contribution in [1.82, 2.24) is 0 Å². The highest BCUT2D eigenvalue weighted by Gasteiger charge is 2.21. The first-order valence-electron chi connectivity index (χ1n) is 7.37. The van der Waals surface area contributed by atoms with Crippen molar-refractivity contribution < 1.29 is 27.4 Å². The minimum Gasteiger partial charge on any atom is -0.258 e. The Bertz CT molecular complexity index is 763. The average molecular weight is 411 g/mol. The lowest BCUT2D eigenvalue weighted by molar-refractivity contribution is -0.390. The summed E-state index contributed by atoms with van der Waals surface area (Å²) >= 11 is 5.00. The fourth-order valence-electron chi connectivity index (χ4n) is 1.66. The summed E-state index contributed by atoms with van der Waals surface area (Å²) in [6.45, 7) is 3.60. The molecule has 0 bridgehead atoms. The number of benzene rings is 2. The maximum atomic E-state index is 12.9. The molecule has 0 aliphatic rings. The summed E-state index contributed by atoms with van der Waals surface area (Å²) in [7, 11) is 0. The SMILES string of the molecule is CCCl.CCc1cc(F)c([N+](=O)[O-])c(F)c1.O=[N+]([O-])c1c(F)cccc1F. The number of hydrogen-bond acceptors (Lipinski definition) is 4. The third kappa shape index (κ3) is 7.57. The van der Waals surface area contributed by atoms with Gasteiger partial charge in [0.25, 0.3) is 0 Å². The summed E-state index contributed by atoms with van der Waals surface area (Å²) in [5, 5.41) is 20.1. The van der Waals surface area contributed by atoms with Crippen LogP contribution in [0.15, 0.2) is 30.3 Å². The van der Waals surface area contributed by atoms with Crippen molar-refractivity contribution in [3.63, 3.8) is 0 Å². The fourth-order valence-corrected chi connectivity index (χ4v) is 1.66. The number of aryl methyl sites for hydroxylation is 1. The largest absolute Gasteiger partial charge is 0.340 e. The van der Waals surface area contributed by atoms with E-state index in [4.69, 9.17) is 11.6 Å². The van der Waals surface area contributed by atoms with E-state index in [-0.39, 0.29) is 0 Å². The third-order valence-corrected chi connectivity index (χ3v) is 2.79. The summed E-state index contributed by atoms with van der Waals surface area (Å²) in [4.78, 5) is 18.0. The Morgan fingerprint density at radius 2 is 1.19 bits per heavy atom. The minimum atomic E-state index is -1.16. The van der Waals surface area contributed by atoms with Crippen molar-refractivity contribution in [2.24, 2.45) is 0 Å². The number of para-hydroxylation sites is 1. The number of halogens is 5. The van der Waals surface area contributed by atoms with Gasteiger partial charge in [-0.25, -0.2) is 0 Å². The molecule has 0 atom stereocenters. The molecule has 0 radical (unpaired) electrons. The van der Waals surface area contributed by atoms with E-state index in [9.17, 15) is 37.8 Å². The highest BCUT2D eigenvalue weighted by atomic mass is 35.5. The number of alkyl halides is 1. The summed E-state index contributed by atoms with van der Waals surface area (Å²) < 4.78 is 50.6. The van der Waals surface area contributed by atoms with Gasteiger partial charge in [0.1, 0.15) is 0 Å². The highest BCUT2D eigenvalue weighted by Crippen LogP contribution is 2.23. The van der Waals surface area contributed by atoms with Crippen LogP contribution in [0, 0.1) is 43.5 Å². The average Bonchev–Trinajstić information content (AvgIpc) is 2.54. The Labute approximate surface area is 156 Å². The second kappa shape index (κ2) is 11.8. The van der Waals surface area contributed by atoms with Crippen molar-refractivity contribution in [3.05, 3.63) is 79.4 Å². The number of hydrogen-bond donors (Lipinski definition) is 0. The van der Waals surface area contributed by atoms with Crippen molar-refractivity contribution >= 4 is 23.0 Å². The Hall–Kier alpha value is -2.75. The van der Waals surface area contributed by atoms with Crippen molar-refractivity contribution in [1.29, 1.82) is 0 Å². The molecule has 0 spiro atoms. The summed E-state index contributed by atoms with van der Waals surface area (Å²) in [6, 6.07) is 4.68. The number of nitro benzene ring substituents is 2. The molecule has 0 amide bonds. The molecule has 0 heterocycles. The summed E-state index contributed by atoms with van der Waals surface area (Å²) in [5.74, 6) is -3.84. The molecule has 0 saturated carbocycles. The van der Waals surface area contributed by atoms with Gasteiger partial charge >= 0.3 is 11.4 Å². The van der Waals surface area contributed by atoms with Gasteiger partial charge in [-0.2, -0.15) is 17.6 Å². The fraction of sp³-hybridized carbons (Fsp3) is 0.250. The van der Waals surface area contributed by atoms with Gasteiger partial charge in [-0.3, -0.25) is 20.2 Å². The summed E-state index contributed by atoms with van der Waals surface area (Å²) in [6.07, 6.45) is 0.436. The van der Waals surface area contributed by atoms with E-state index in [2.05, 4.69) is 0 Å². The standard InChI is InChI=1S/C8H7F2NO2.C6H3F2NO2.C2H5Cl/c1-2-5-3-6(9)8(11(12)13)7(10)4-5;7-4-2-1-3-5(8)6(4)9(10)11;1-2-3/h3-4H,2H2,1H3;1-3H;2H2,1H3. The molecule has 0 unspecified atom stereocenters. The van der Waals surface area contributed by atoms with Crippen LogP contribution >= 0.6 is 11.6 Å². The molecule has 2 rings (SSSR count). The molecule has 27 heavy (non-hydrogen) atoms. The molecule has 0 aliphatic carbocycles. The lowest BCUT2D eigenvalue weighted by atomic mass is 10.1. The molecule has 0 saturated heterocycles. The van der Waals surface area contributed by atoms with E-state index in [0.29, 0.717) is 12.0 Å². The Kier molecular flexibility index (Phi) is 10.6. The molecular weight excluding hydrogens is 396 g/mol. The molecule has 2 aromatic rings. The van der Waals surface area contributed by atoms with E-state index in [1.165, 1.54) is 0 Å². The number of rotatable bonds is 3. The van der Waals surface area contributed by atoms with Crippen LogP contribution < -0.4 is 0 Å². The molecule has 6 nitrogen and oxygen atoms in total. The van der Waals surface area contributed by atoms with Crippen LogP contribution in [0.2, 0.25) is 0 Å². The van der Waals surface area contributed by atoms with Gasteiger partial charge in [-0.15, -0.1) is 11.6 Å². The van der Waals surface area contributed by atoms with Crippen LogP contribution in [0.25, 0.3) is 0 Å². The van der Waals surface area contributed by atoms with E-state index >= 15 is 0 Å². The summed E-state index contributed by atoms with van der Waals surface area (Å²) in [5.41, 5.74) is -1.79. The van der Waals surface area contributed by atoms with Crippen molar-refractivity contribution in [2.45, 2.75) is 20.3 Å². The predicted molar refractivity (Wildman–Crippen MR) is 91.8 cm³/mol. The molecule has 0 N–H and O–H groups in total. The molecule has 0 aliphatic heterocycles. The van der Waals surface area contributed by atoms with Gasteiger partial charge in [-0.05, 0) is 36.2 Å². The van der Waals surface area contributed by atoms with Crippen LogP contribution in [0.5, 0.6) is 0 Å². The van der Waals surface area contributed by atoms with E-state index < -0.39 is 44.5 Å². The van der Waals surface area contributed by atoms with Gasteiger partial charge in [0, 0.05) is 5.88 Å². The zero-order valence-corrected chi connectivity index (χ0v) is 15.0. The van der Waals surface area contributed by atoms with Gasteiger partial charge in [0.15, 0.2) is 0 Å². The first-order chi connectivity index (χ1) is 12.6. The maximum absolute atomic E-state index is 12.9. The number of nitrogens with zero attached hydrogens (tertiary/aromatic N) is 2. The maximum Gasteiger partial charge on any atom is 0.340 e. The van der Waals surface area contributed by atoms with Crippen LogP contribution in [-0.4, -0.2) is 15.7 Å². The topological polar surface area (TPSA) is 86.3 Å². The smallest absolute Gasteiger partial charge is 0.258 e. The zero-order chi connectivity index (χ0) is 21.1. The first-order valence-corrected chi connectivity index (χ1v) is 7.90. The van der Waals surface area contributed by atoms with Gasteiger partial charge in [0.05, 0.1) is 9.85 Å². The first kappa shape index (κ1) is 24.2.